The van der Waals surface area contributed by atoms with Gasteiger partial charge < -0.3 is 9.80 Å². The van der Waals surface area contributed by atoms with E-state index in [1.54, 1.807) is 4.90 Å². The number of likely N-dealkylation sites (N-methyl/N-ethyl adjacent to an activating group) is 1. The van der Waals surface area contributed by atoms with Gasteiger partial charge in [0.2, 0.25) is 0 Å². The summed E-state index contributed by atoms with van der Waals surface area (Å²) in [4.78, 5) is 17.1. The van der Waals surface area contributed by atoms with Gasteiger partial charge in [-0.2, -0.15) is 13.9 Å². The van der Waals surface area contributed by atoms with Gasteiger partial charge in [-0.3, -0.25) is 4.79 Å². The molecular formula is C18H20F2N4O. The summed E-state index contributed by atoms with van der Waals surface area (Å²) in [5.74, 6) is -0.0589. The van der Waals surface area contributed by atoms with Crippen molar-refractivity contribution in [2.75, 3.05) is 25.0 Å². The van der Waals surface area contributed by atoms with E-state index in [1.165, 1.54) is 6.07 Å². The first-order valence-electron chi connectivity index (χ1n) is 8.41. The fourth-order valence-corrected chi connectivity index (χ4v) is 4.03. The molecule has 3 heterocycles. The summed E-state index contributed by atoms with van der Waals surface area (Å²) in [5.41, 5.74) is 3.26. The number of carbonyl (C=O) groups excluding carboxylic acids is 1. The molecule has 0 aliphatic carbocycles. The number of hydrogen-bond acceptors (Lipinski definition) is 3. The summed E-state index contributed by atoms with van der Waals surface area (Å²) in [6.07, 6.45) is 2.01. The molecule has 5 nitrogen and oxygen atoms in total. The van der Waals surface area contributed by atoms with E-state index in [-0.39, 0.29) is 23.6 Å². The zero-order chi connectivity index (χ0) is 17.7. The number of fused-ring (bicyclic) bond motifs is 3. The zero-order valence-electron chi connectivity index (χ0n) is 14.2. The highest BCUT2D eigenvalue weighted by Crippen LogP contribution is 2.45. The number of nitrogens with zero attached hydrogens (tertiary/aromatic N) is 4. The molecule has 2 aliphatic heterocycles. The molecule has 0 bridgehead atoms. The second-order valence-corrected chi connectivity index (χ2v) is 6.92. The van der Waals surface area contributed by atoms with Crippen LogP contribution in [-0.4, -0.2) is 46.8 Å². The van der Waals surface area contributed by atoms with Crippen LogP contribution in [0.25, 0.3) is 0 Å². The van der Waals surface area contributed by atoms with Gasteiger partial charge in [0.15, 0.2) is 5.69 Å². The Labute approximate surface area is 144 Å². The van der Waals surface area contributed by atoms with Crippen LogP contribution >= 0.6 is 0 Å². The Kier molecular flexibility index (Phi) is 3.83. The molecule has 25 heavy (non-hydrogen) atoms. The van der Waals surface area contributed by atoms with Gasteiger partial charge in [0.1, 0.15) is 0 Å². The van der Waals surface area contributed by atoms with Gasteiger partial charge in [0.25, 0.3) is 5.91 Å². The summed E-state index contributed by atoms with van der Waals surface area (Å²) in [6.45, 7) is 1.09. The average Bonchev–Trinajstić information content (AvgIpc) is 3.17. The minimum atomic E-state index is -2.74. The molecule has 1 amide bonds. The molecule has 0 spiro atoms. The number of halogens is 2. The van der Waals surface area contributed by atoms with Gasteiger partial charge in [-0.25, -0.2) is 4.68 Å². The number of rotatable bonds is 2. The van der Waals surface area contributed by atoms with Gasteiger partial charge in [-0.15, -0.1) is 0 Å². The summed E-state index contributed by atoms with van der Waals surface area (Å²) in [5, 5.41) is 3.76. The summed E-state index contributed by atoms with van der Waals surface area (Å²) in [7, 11) is 2.08. The number of alkyl halides is 2. The molecule has 1 fully saturated rings. The minimum absolute atomic E-state index is 0.0530. The van der Waals surface area contributed by atoms with Crippen molar-refractivity contribution >= 4 is 11.6 Å². The minimum Gasteiger partial charge on any atom is -0.306 e. The summed E-state index contributed by atoms with van der Waals surface area (Å²) < 4.78 is 26.1. The lowest BCUT2D eigenvalue weighted by Gasteiger charge is -2.36. The van der Waals surface area contributed by atoms with Gasteiger partial charge in [-0.05, 0) is 44.6 Å². The Morgan fingerprint density at radius 2 is 2.12 bits per heavy atom. The number of likely N-dealkylation sites (tertiary alicyclic amines) is 1. The molecule has 132 valence electrons. The SMILES string of the molecule is Cc1ccc2c(c1)C1CN(C)CCC1N2C(=O)c1ccn(C(F)F)n1. The van der Waals surface area contributed by atoms with Crippen molar-refractivity contribution in [2.24, 2.45) is 0 Å². The molecule has 4 rings (SSSR count). The normalized spacial score (nSPS) is 23.0. The Hall–Kier alpha value is -2.28. The number of carbonyl (C=O) groups is 1. The highest BCUT2D eigenvalue weighted by atomic mass is 19.3. The van der Waals surface area contributed by atoms with Crippen LogP contribution in [0.2, 0.25) is 0 Å². The Balaban J connectivity index is 1.74. The van der Waals surface area contributed by atoms with Crippen LogP contribution in [0.1, 0.15) is 40.5 Å². The largest absolute Gasteiger partial charge is 0.333 e. The first kappa shape index (κ1) is 16.2. The van der Waals surface area contributed by atoms with E-state index in [1.807, 2.05) is 19.1 Å². The second-order valence-electron chi connectivity index (χ2n) is 6.92. The molecule has 1 saturated heterocycles. The van der Waals surface area contributed by atoms with E-state index in [4.69, 9.17) is 0 Å². The number of amides is 1. The van der Waals surface area contributed by atoms with Crippen molar-refractivity contribution in [3.63, 3.8) is 0 Å². The van der Waals surface area contributed by atoms with Gasteiger partial charge in [-0.1, -0.05) is 17.7 Å². The first-order chi connectivity index (χ1) is 12.0. The number of hydrogen-bond donors (Lipinski definition) is 0. The van der Waals surface area contributed by atoms with E-state index < -0.39 is 6.55 Å². The van der Waals surface area contributed by atoms with Crippen LogP contribution in [-0.2, 0) is 0 Å². The lowest BCUT2D eigenvalue weighted by Crippen LogP contribution is -2.47. The van der Waals surface area contributed by atoms with Crippen molar-refractivity contribution in [1.82, 2.24) is 14.7 Å². The third-order valence-corrected chi connectivity index (χ3v) is 5.20. The van der Waals surface area contributed by atoms with Crippen LogP contribution in [0.15, 0.2) is 30.5 Å². The molecule has 0 N–H and O–H groups in total. The van der Waals surface area contributed by atoms with E-state index in [0.29, 0.717) is 4.68 Å². The van der Waals surface area contributed by atoms with Crippen molar-refractivity contribution < 1.29 is 13.6 Å². The fraction of sp³-hybridized carbons (Fsp3) is 0.444. The van der Waals surface area contributed by atoms with Crippen molar-refractivity contribution in [3.05, 3.63) is 47.3 Å². The van der Waals surface area contributed by atoms with E-state index in [0.717, 1.165) is 42.5 Å². The molecule has 0 radical (unpaired) electrons. The summed E-state index contributed by atoms with van der Waals surface area (Å²) in [6, 6.07) is 7.50. The molecule has 1 aromatic heterocycles. The van der Waals surface area contributed by atoms with Crippen molar-refractivity contribution in [2.45, 2.75) is 31.9 Å². The van der Waals surface area contributed by atoms with Gasteiger partial charge in [0, 0.05) is 30.4 Å². The number of piperidine rings is 1. The second kappa shape index (κ2) is 5.91. The molecule has 1 aromatic carbocycles. The predicted octanol–water partition coefficient (Wildman–Crippen LogP) is 3.03. The quantitative estimate of drug-likeness (QED) is 0.839. The predicted molar refractivity (Wildman–Crippen MR) is 90.1 cm³/mol. The topological polar surface area (TPSA) is 41.4 Å². The molecule has 2 aliphatic rings. The highest BCUT2D eigenvalue weighted by molar-refractivity contribution is 6.07. The molecule has 7 heteroatoms. The monoisotopic (exact) mass is 346 g/mol. The van der Waals surface area contributed by atoms with Crippen molar-refractivity contribution in [1.29, 1.82) is 0 Å². The molecule has 2 unspecified atom stereocenters. The molecule has 0 saturated carbocycles. The lowest BCUT2D eigenvalue weighted by molar-refractivity contribution is 0.0560. The van der Waals surface area contributed by atoms with E-state index in [2.05, 4.69) is 23.1 Å². The maximum atomic E-state index is 13.1. The summed E-state index contributed by atoms with van der Waals surface area (Å²) >= 11 is 0. The van der Waals surface area contributed by atoms with Crippen LogP contribution in [0, 0.1) is 6.92 Å². The fourth-order valence-electron chi connectivity index (χ4n) is 4.03. The van der Waals surface area contributed by atoms with Crippen LogP contribution in [0.3, 0.4) is 0 Å². The number of aromatic nitrogens is 2. The molecular weight excluding hydrogens is 326 g/mol. The van der Waals surface area contributed by atoms with Gasteiger partial charge >= 0.3 is 6.55 Å². The van der Waals surface area contributed by atoms with Crippen LogP contribution < -0.4 is 4.90 Å². The first-order valence-corrected chi connectivity index (χ1v) is 8.41. The number of aryl methyl sites for hydroxylation is 1. The lowest BCUT2D eigenvalue weighted by atomic mass is 9.89. The smallest absolute Gasteiger partial charge is 0.306 e. The van der Waals surface area contributed by atoms with Crippen molar-refractivity contribution in [3.8, 4) is 0 Å². The van der Waals surface area contributed by atoms with Gasteiger partial charge in [0.05, 0.1) is 0 Å². The van der Waals surface area contributed by atoms with Crippen LogP contribution in [0.5, 0.6) is 0 Å². The molecule has 2 aromatic rings. The number of benzene rings is 1. The van der Waals surface area contributed by atoms with Crippen LogP contribution in [0.4, 0.5) is 14.5 Å². The Bertz CT molecular complexity index is 819. The maximum Gasteiger partial charge on any atom is 0.333 e. The molecule has 2 atom stereocenters. The average molecular weight is 346 g/mol. The number of anilines is 1. The third-order valence-electron chi connectivity index (χ3n) is 5.20. The highest BCUT2D eigenvalue weighted by Gasteiger charge is 2.44. The standard InChI is InChI=1S/C18H20F2N4O/c1-11-3-4-15-12(9-11)13-10-22(2)7-6-16(13)24(15)17(25)14-5-8-23(21-14)18(19)20/h3-5,8-9,13,16,18H,6-7,10H2,1-2H3. The maximum absolute atomic E-state index is 13.1. The third kappa shape index (κ3) is 2.63. The Morgan fingerprint density at radius 3 is 2.84 bits per heavy atom. The van der Waals surface area contributed by atoms with E-state index in [9.17, 15) is 13.6 Å². The van der Waals surface area contributed by atoms with E-state index >= 15 is 0 Å². The Morgan fingerprint density at radius 1 is 1.32 bits per heavy atom. The zero-order valence-corrected chi connectivity index (χ0v) is 14.2.